The maximum absolute atomic E-state index is 10.9. The fourth-order valence-corrected chi connectivity index (χ4v) is 3.47. The van der Waals surface area contributed by atoms with Crippen molar-refractivity contribution < 1.29 is 29.3 Å². The summed E-state index contributed by atoms with van der Waals surface area (Å²) in [6, 6.07) is 22.8. The van der Waals surface area contributed by atoms with Crippen molar-refractivity contribution in [2.75, 3.05) is 14.2 Å². The van der Waals surface area contributed by atoms with E-state index in [-0.39, 0.29) is 6.42 Å². The van der Waals surface area contributed by atoms with Crippen LogP contribution in [0.15, 0.2) is 72.8 Å². The van der Waals surface area contributed by atoms with Gasteiger partial charge in [0.15, 0.2) is 0 Å². The molecule has 4 aromatic rings. The number of aliphatic carboxylic acids is 2. The van der Waals surface area contributed by atoms with Crippen molar-refractivity contribution in [3.8, 4) is 11.5 Å². The van der Waals surface area contributed by atoms with Crippen LogP contribution in [0.1, 0.15) is 24.0 Å². The average molecular weight is 446 g/mol. The van der Waals surface area contributed by atoms with Gasteiger partial charge in [0.2, 0.25) is 0 Å². The first-order chi connectivity index (χ1) is 15.8. The normalized spacial score (nSPS) is 11.4. The van der Waals surface area contributed by atoms with Crippen molar-refractivity contribution in [2.45, 2.75) is 19.3 Å². The molecule has 0 heterocycles. The average Bonchev–Trinajstić information content (AvgIpc) is 2.82. The molecule has 0 saturated carbocycles. The van der Waals surface area contributed by atoms with Gasteiger partial charge in [0.05, 0.1) is 26.6 Å². The molecule has 33 heavy (non-hydrogen) atoms. The number of carboxylic acids is 2. The summed E-state index contributed by atoms with van der Waals surface area (Å²) in [5.41, 5.74) is 1.63. The van der Waals surface area contributed by atoms with Crippen LogP contribution < -0.4 is 9.47 Å². The molecule has 0 aliphatic rings. The van der Waals surface area contributed by atoms with Crippen LogP contribution in [0.4, 0.5) is 0 Å². The molecule has 0 fully saturated rings. The Bertz CT molecular complexity index is 1290. The largest absolute Gasteiger partial charge is 0.497 e. The van der Waals surface area contributed by atoms with Crippen molar-refractivity contribution in [3.63, 3.8) is 0 Å². The highest BCUT2D eigenvalue weighted by molar-refractivity contribution is 5.87. The Labute approximate surface area is 192 Å². The lowest BCUT2D eigenvalue weighted by Gasteiger charge is -2.08. The molecule has 0 saturated heterocycles. The monoisotopic (exact) mass is 446 g/mol. The molecule has 4 rings (SSSR count). The SMILES string of the molecule is COc1ccc2cc(CC(=O)O)ccc2c1.COc1ccc2cc([C@H](C)C(=O)O)ccc2c1. The number of methoxy groups -OCH3 is 2. The van der Waals surface area contributed by atoms with Crippen molar-refractivity contribution >= 4 is 33.5 Å². The van der Waals surface area contributed by atoms with E-state index in [0.29, 0.717) is 0 Å². The van der Waals surface area contributed by atoms with Crippen LogP contribution in [0.3, 0.4) is 0 Å². The number of carboxylic acid groups (broad SMARTS) is 2. The van der Waals surface area contributed by atoms with Crippen LogP contribution in [-0.4, -0.2) is 36.4 Å². The van der Waals surface area contributed by atoms with Crippen LogP contribution in [0.25, 0.3) is 21.5 Å². The highest BCUT2D eigenvalue weighted by Crippen LogP contribution is 2.25. The number of benzene rings is 4. The fraction of sp³-hybridized carbons (Fsp3) is 0.185. The van der Waals surface area contributed by atoms with Crippen molar-refractivity contribution in [3.05, 3.63) is 83.9 Å². The minimum Gasteiger partial charge on any atom is -0.497 e. The molecular formula is C27H26O6. The second kappa shape index (κ2) is 10.5. The number of ether oxygens (including phenoxy) is 2. The van der Waals surface area contributed by atoms with E-state index < -0.39 is 17.9 Å². The van der Waals surface area contributed by atoms with Gasteiger partial charge in [-0.2, -0.15) is 0 Å². The molecule has 0 aromatic heterocycles. The molecule has 170 valence electrons. The number of hydrogen-bond acceptors (Lipinski definition) is 4. The van der Waals surface area contributed by atoms with E-state index in [1.54, 1.807) is 21.1 Å². The molecule has 0 amide bonds. The van der Waals surface area contributed by atoms with Gasteiger partial charge in [-0.3, -0.25) is 9.59 Å². The summed E-state index contributed by atoms with van der Waals surface area (Å²) in [6.07, 6.45) is 0.0575. The van der Waals surface area contributed by atoms with Gasteiger partial charge in [-0.1, -0.05) is 48.5 Å². The minimum atomic E-state index is -0.812. The van der Waals surface area contributed by atoms with Gasteiger partial charge in [-0.15, -0.1) is 0 Å². The van der Waals surface area contributed by atoms with E-state index in [1.807, 2.05) is 72.8 Å². The second-order valence-electron chi connectivity index (χ2n) is 7.65. The third-order valence-corrected chi connectivity index (χ3v) is 5.41. The van der Waals surface area contributed by atoms with Crippen molar-refractivity contribution in [2.24, 2.45) is 0 Å². The van der Waals surface area contributed by atoms with Crippen LogP contribution in [-0.2, 0) is 16.0 Å². The molecular weight excluding hydrogens is 420 g/mol. The highest BCUT2D eigenvalue weighted by Gasteiger charge is 2.13. The number of carbonyl (C=O) groups is 2. The molecule has 0 aliphatic carbocycles. The van der Waals surface area contributed by atoms with E-state index in [1.165, 1.54) is 0 Å². The number of fused-ring (bicyclic) bond motifs is 2. The summed E-state index contributed by atoms with van der Waals surface area (Å²) in [6.45, 7) is 1.69. The molecule has 0 aliphatic heterocycles. The van der Waals surface area contributed by atoms with E-state index in [2.05, 4.69) is 0 Å². The van der Waals surface area contributed by atoms with Gasteiger partial charge < -0.3 is 19.7 Å². The Balaban J connectivity index is 0.000000186. The van der Waals surface area contributed by atoms with Crippen LogP contribution in [0, 0.1) is 0 Å². The Morgan fingerprint density at radius 3 is 1.73 bits per heavy atom. The zero-order chi connectivity index (χ0) is 24.0. The molecule has 1 atom stereocenters. The number of rotatable bonds is 6. The quantitative estimate of drug-likeness (QED) is 0.406. The smallest absolute Gasteiger partial charge is 0.310 e. The van der Waals surface area contributed by atoms with Gasteiger partial charge in [0, 0.05) is 0 Å². The first kappa shape index (κ1) is 23.6. The van der Waals surface area contributed by atoms with Crippen LogP contribution in [0.2, 0.25) is 0 Å². The third-order valence-electron chi connectivity index (χ3n) is 5.41. The van der Waals surface area contributed by atoms with Crippen molar-refractivity contribution in [1.82, 2.24) is 0 Å². The zero-order valence-corrected chi connectivity index (χ0v) is 18.7. The Hall–Kier alpha value is -4.06. The molecule has 6 nitrogen and oxygen atoms in total. The predicted octanol–water partition coefficient (Wildman–Crippen LogP) is 5.51. The summed E-state index contributed by atoms with van der Waals surface area (Å²) < 4.78 is 10.3. The summed E-state index contributed by atoms with van der Waals surface area (Å²) >= 11 is 0. The van der Waals surface area contributed by atoms with Gasteiger partial charge in [0.25, 0.3) is 0 Å². The summed E-state index contributed by atoms with van der Waals surface area (Å²) in [5.74, 6) is -0.498. The molecule has 0 spiro atoms. The lowest BCUT2D eigenvalue weighted by atomic mass is 9.98. The Morgan fingerprint density at radius 1 is 0.727 bits per heavy atom. The Morgan fingerprint density at radius 2 is 1.21 bits per heavy atom. The first-order valence-corrected chi connectivity index (χ1v) is 10.4. The summed E-state index contributed by atoms with van der Waals surface area (Å²) in [7, 11) is 3.25. The fourth-order valence-electron chi connectivity index (χ4n) is 3.47. The summed E-state index contributed by atoms with van der Waals surface area (Å²) in [5, 5.41) is 21.8. The molecule has 4 aromatic carbocycles. The first-order valence-electron chi connectivity index (χ1n) is 10.4. The Kier molecular flexibility index (Phi) is 7.51. The standard InChI is InChI=1S/C14H14O3.C13H12O3/c1-9(14(15)16)10-3-4-12-8-13(17-2)6-5-11(12)7-10;1-16-12-5-4-10-6-9(7-13(14)15)2-3-11(10)8-12/h3-9H,1-2H3,(H,15,16);2-6,8H,7H2,1H3,(H,14,15)/t9-;/m0./s1. The van der Waals surface area contributed by atoms with E-state index in [9.17, 15) is 9.59 Å². The third kappa shape index (κ3) is 6.01. The van der Waals surface area contributed by atoms with Crippen LogP contribution in [0.5, 0.6) is 11.5 Å². The highest BCUT2D eigenvalue weighted by atomic mass is 16.5. The lowest BCUT2D eigenvalue weighted by molar-refractivity contribution is -0.138. The van der Waals surface area contributed by atoms with Gasteiger partial charge >= 0.3 is 11.9 Å². The molecule has 0 bridgehead atoms. The van der Waals surface area contributed by atoms with Crippen LogP contribution >= 0.6 is 0 Å². The van der Waals surface area contributed by atoms with E-state index in [4.69, 9.17) is 19.7 Å². The van der Waals surface area contributed by atoms with Crippen molar-refractivity contribution in [1.29, 1.82) is 0 Å². The zero-order valence-electron chi connectivity index (χ0n) is 18.7. The topological polar surface area (TPSA) is 93.1 Å². The number of hydrogen-bond donors (Lipinski definition) is 2. The minimum absolute atomic E-state index is 0.0575. The van der Waals surface area contributed by atoms with E-state index in [0.717, 1.165) is 44.2 Å². The van der Waals surface area contributed by atoms with E-state index >= 15 is 0 Å². The van der Waals surface area contributed by atoms with Gasteiger partial charge in [-0.05, 0) is 63.9 Å². The summed E-state index contributed by atoms with van der Waals surface area (Å²) in [4.78, 5) is 21.5. The van der Waals surface area contributed by atoms with Gasteiger partial charge in [0.1, 0.15) is 11.5 Å². The molecule has 2 N–H and O–H groups in total. The second-order valence-corrected chi connectivity index (χ2v) is 7.65. The molecule has 0 radical (unpaired) electrons. The van der Waals surface area contributed by atoms with Gasteiger partial charge in [-0.25, -0.2) is 0 Å². The lowest BCUT2D eigenvalue weighted by Crippen LogP contribution is -2.06. The predicted molar refractivity (Wildman–Crippen MR) is 128 cm³/mol. The molecule has 0 unspecified atom stereocenters. The molecule has 6 heteroatoms. The maximum Gasteiger partial charge on any atom is 0.310 e. The maximum atomic E-state index is 10.9.